The molecule has 0 aliphatic rings. The first-order chi connectivity index (χ1) is 12.6. The topological polar surface area (TPSA) is 38.3 Å². The van der Waals surface area contributed by atoms with Crippen LogP contribution in [-0.2, 0) is 17.6 Å². The molecule has 0 heterocycles. The smallest absolute Gasteiger partial charge is 0.265 e. The van der Waals surface area contributed by atoms with Crippen molar-refractivity contribution in [2.24, 2.45) is 0 Å². The largest absolute Gasteiger partial charge is 0.481 e. The number of carbonyl (C=O) groups is 1. The normalized spacial score (nSPS) is 12.0. The van der Waals surface area contributed by atoms with Gasteiger partial charge in [-0.05, 0) is 53.8 Å². The molecular weight excluding hydrogens is 322 g/mol. The summed E-state index contributed by atoms with van der Waals surface area (Å²) in [5, 5.41) is 5.33. The van der Waals surface area contributed by atoms with Gasteiger partial charge in [-0.3, -0.25) is 4.79 Å². The molecule has 3 aromatic carbocycles. The molecule has 3 nitrogen and oxygen atoms in total. The Bertz CT molecular complexity index is 895. The van der Waals surface area contributed by atoms with Gasteiger partial charge in [-0.15, -0.1) is 0 Å². The highest BCUT2D eigenvalue weighted by Gasteiger charge is 2.17. The molecule has 0 saturated carbocycles. The van der Waals surface area contributed by atoms with Gasteiger partial charge in [-0.2, -0.15) is 0 Å². The highest BCUT2D eigenvalue weighted by Crippen LogP contribution is 2.24. The Morgan fingerprint density at radius 2 is 1.58 bits per heavy atom. The second-order valence-electron chi connectivity index (χ2n) is 6.42. The fraction of sp³-hybridized carbons (Fsp3) is 0.261. The Morgan fingerprint density at radius 3 is 2.23 bits per heavy atom. The van der Waals surface area contributed by atoms with Crippen LogP contribution < -0.4 is 10.1 Å². The van der Waals surface area contributed by atoms with Crippen molar-refractivity contribution in [3.05, 3.63) is 71.8 Å². The number of ether oxygens (including phenoxy) is 1. The second-order valence-corrected chi connectivity index (χ2v) is 6.42. The first-order valence-corrected chi connectivity index (χ1v) is 9.19. The maximum Gasteiger partial charge on any atom is 0.265 e. The number of para-hydroxylation sites is 1. The Morgan fingerprint density at radius 1 is 0.923 bits per heavy atom. The molecule has 3 rings (SSSR count). The number of hydrogen-bond donors (Lipinski definition) is 1. The lowest BCUT2D eigenvalue weighted by molar-refractivity contribution is -0.122. The van der Waals surface area contributed by atoms with E-state index in [0.717, 1.165) is 40.4 Å². The molecule has 0 bridgehead atoms. The third-order valence-corrected chi connectivity index (χ3v) is 4.65. The van der Waals surface area contributed by atoms with Crippen LogP contribution >= 0.6 is 0 Å². The number of anilines is 1. The number of aryl methyl sites for hydroxylation is 2. The van der Waals surface area contributed by atoms with Crippen LogP contribution in [0.15, 0.2) is 60.7 Å². The lowest BCUT2D eigenvalue weighted by Gasteiger charge is -2.18. The van der Waals surface area contributed by atoms with Crippen LogP contribution in [0.2, 0.25) is 0 Å². The molecule has 1 N–H and O–H groups in total. The van der Waals surface area contributed by atoms with E-state index in [9.17, 15) is 4.79 Å². The summed E-state index contributed by atoms with van der Waals surface area (Å²) < 4.78 is 5.89. The number of fused-ring (bicyclic) bond motifs is 1. The number of benzene rings is 3. The van der Waals surface area contributed by atoms with Crippen molar-refractivity contribution in [3.63, 3.8) is 0 Å². The van der Waals surface area contributed by atoms with E-state index in [4.69, 9.17) is 4.74 Å². The van der Waals surface area contributed by atoms with Gasteiger partial charge in [0.15, 0.2) is 6.10 Å². The Hall–Kier alpha value is -2.81. The summed E-state index contributed by atoms with van der Waals surface area (Å²) in [7, 11) is 0. The average Bonchev–Trinajstić information content (AvgIpc) is 2.67. The third-order valence-electron chi connectivity index (χ3n) is 4.65. The van der Waals surface area contributed by atoms with Crippen LogP contribution in [0, 0.1) is 0 Å². The van der Waals surface area contributed by atoms with E-state index >= 15 is 0 Å². The quantitative estimate of drug-likeness (QED) is 0.651. The minimum Gasteiger partial charge on any atom is -0.481 e. The summed E-state index contributed by atoms with van der Waals surface area (Å²) in [5.74, 6) is 0.569. The maximum absolute atomic E-state index is 12.7. The first kappa shape index (κ1) is 18.0. The van der Waals surface area contributed by atoms with Crippen LogP contribution in [0.5, 0.6) is 5.75 Å². The highest BCUT2D eigenvalue weighted by atomic mass is 16.5. The molecule has 0 aromatic heterocycles. The molecule has 0 fully saturated rings. The molecule has 3 aromatic rings. The van der Waals surface area contributed by atoms with Crippen molar-refractivity contribution < 1.29 is 9.53 Å². The summed E-state index contributed by atoms with van der Waals surface area (Å²) in [4.78, 5) is 12.7. The lowest BCUT2D eigenvalue weighted by atomic mass is 10.0. The molecule has 1 amide bonds. The first-order valence-electron chi connectivity index (χ1n) is 9.19. The fourth-order valence-corrected chi connectivity index (χ4v) is 3.13. The summed E-state index contributed by atoms with van der Waals surface area (Å²) in [5.41, 5.74) is 3.22. The SMILES string of the molecule is CCc1cccc(CC)c1NC(=O)C(C)Oc1ccc2ccccc2c1. The highest BCUT2D eigenvalue weighted by molar-refractivity contribution is 5.95. The molecule has 134 valence electrons. The van der Waals surface area contributed by atoms with E-state index in [1.807, 2.05) is 42.5 Å². The molecule has 1 atom stereocenters. The minimum absolute atomic E-state index is 0.131. The van der Waals surface area contributed by atoms with E-state index in [-0.39, 0.29) is 5.91 Å². The predicted molar refractivity (Wildman–Crippen MR) is 108 cm³/mol. The third kappa shape index (κ3) is 3.88. The van der Waals surface area contributed by atoms with Crippen LogP contribution in [0.25, 0.3) is 10.8 Å². The Labute approximate surface area is 155 Å². The molecule has 0 aliphatic carbocycles. The number of nitrogens with one attached hydrogen (secondary N) is 1. The van der Waals surface area contributed by atoms with E-state index in [0.29, 0.717) is 5.75 Å². The molecule has 26 heavy (non-hydrogen) atoms. The molecule has 1 unspecified atom stereocenters. The lowest BCUT2D eigenvalue weighted by Crippen LogP contribution is -2.30. The Kier molecular flexibility index (Phi) is 5.57. The van der Waals surface area contributed by atoms with Gasteiger partial charge >= 0.3 is 0 Å². The van der Waals surface area contributed by atoms with Gasteiger partial charge in [0.1, 0.15) is 5.75 Å². The van der Waals surface area contributed by atoms with Crippen molar-refractivity contribution in [1.82, 2.24) is 0 Å². The zero-order valence-electron chi connectivity index (χ0n) is 15.6. The van der Waals surface area contributed by atoms with E-state index in [1.54, 1.807) is 6.92 Å². The van der Waals surface area contributed by atoms with E-state index in [1.165, 1.54) is 0 Å². The summed E-state index contributed by atoms with van der Waals surface area (Å²) in [6.07, 6.45) is 1.18. The maximum atomic E-state index is 12.7. The van der Waals surface area contributed by atoms with Crippen LogP contribution in [0.4, 0.5) is 5.69 Å². The molecule has 0 aliphatic heterocycles. The molecule has 0 saturated heterocycles. The number of amides is 1. The summed E-state index contributed by atoms with van der Waals surface area (Å²) in [6.45, 7) is 5.98. The van der Waals surface area contributed by atoms with Crippen molar-refractivity contribution >= 4 is 22.4 Å². The number of rotatable bonds is 6. The number of carbonyl (C=O) groups excluding carboxylic acids is 1. The van der Waals surface area contributed by atoms with Crippen LogP contribution in [-0.4, -0.2) is 12.0 Å². The molecule has 0 spiro atoms. The van der Waals surface area contributed by atoms with Gasteiger partial charge in [0.25, 0.3) is 5.91 Å². The van der Waals surface area contributed by atoms with Gasteiger partial charge in [0.2, 0.25) is 0 Å². The molecule has 3 heteroatoms. The predicted octanol–water partition coefficient (Wildman–Crippen LogP) is 5.37. The Balaban J connectivity index is 1.75. The van der Waals surface area contributed by atoms with Gasteiger partial charge in [-0.25, -0.2) is 0 Å². The summed E-state index contributed by atoms with van der Waals surface area (Å²) >= 11 is 0. The zero-order valence-corrected chi connectivity index (χ0v) is 15.6. The van der Waals surface area contributed by atoms with Crippen LogP contribution in [0.3, 0.4) is 0 Å². The van der Waals surface area contributed by atoms with Crippen LogP contribution in [0.1, 0.15) is 31.9 Å². The molecule has 0 radical (unpaired) electrons. The fourth-order valence-electron chi connectivity index (χ4n) is 3.13. The standard InChI is InChI=1S/C23H25NO2/c1-4-17-11-8-12-18(5-2)22(17)24-23(25)16(3)26-21-14-13-19-9-6-7-10-20(19)15-21/h6-16H,4-5H2,1-3H3,(H,24,25). The summed E-state index contributed by atoms with van der Waals surface area (Å²) in [6, 6.07) is 20.2. The van der Waals surface area contributed by atoms with E-state index in [2.05, 4.69) is 37.4 Å². The van der Waals surface area contributed by atoms with Gasteiger partial charge in [0, 0.05) is 5.69 Å². The van der Waals surface area contributed by atoms with E-state index < -0.39 is 6.10 Å². The average molecular weight is 347 g/mol. The molecular formula is C23H25NO2. The monoisotopic (exact) mass is 347 g/mol. The van der Waals surface area contributed by atoms with Crippen molar-refractivity contribution in [1.29, 1.82) is 0 Å². The second kappa shape index (κ2) is 8.05. The van der Waals surface area contributed by atoms with Gasteiger partial charge in [0.05, 0.1) is 0 Å². The van der Waals surface area contributed by atoms with Gasteiger partial charge < -0.3 is 10.1 Å². The minimum atomic E-state index is -0.578. The van der Waals surface area contributed by atoms with Crippen molar-refractivity contribution in [3.8, 4) is 5.75 Å². The number of hydrogen-bond acceptors (Lipinski definition) is 2. The van der Waals surface area contributed by atoms with Crippen molar-refractivity contribution in [2.75, 3.05) is 5.32 Å². The van der Waals surface area contributed by atoms with Gasteiger partial charge in [-0.1, -0.05) is 62.4 Å². The van der Waals surface area contributed by atoms with Crippen molar-refractivity contribution in [2.45, 2.75) is 39.7 Å². The zero-order chi connectivity index (χ0) is 18.5.